The number of rotatable bonds is 3. The second kappa shape index (κ2) is 5.18. The van der Waals surface area contributed by atoms with Gasteiger partial charge in [0, 0.05) is 5.33 Å². The summed E-state index contributed by atoms with van der Waals surface area (Å²) in [5, 5.41) is 1.11. The van der Waals surface area contributed by atoms with Gasteiger partial charge in [0.1, 0.15) is 0 Å². The molecule has 1 saturated heterocycles. The summed E-state index contributed by atoms with van der Waals surface area (Å²) in [6.07, 6.45) is 11.3. The molecule has 1 spiro atoms. The molecule has 1 heterocycles. The highest BCUT2D eigenvalue weighted by Crippen LogP contribution is 2.43. The van der Waals surface area contributed by atoms with Crippen molar-refractivity contribution in [3.8, 4) is 0 Å². The maximum absolute atomic E-state index is 6.34. The Bertz CT molecular complexity index is 199. The van der Waals surface area contributed by atoms with E-state index in [1.54, 1.807) is 0 Å². The highest BCUT2D eigenvalue weighted by Gasteiger charge is 2.40. The van der Waals surface area contributed by atoms with E-state index >= 15 is 0 Å². The van der Waals surface area contributed by atoms with Crippen LogP contribution in [0.4, 0.5) is 0 Å². The Morgan fingerprint density at radius 2 is 2.00 bits per heavy atom. The number of ether oxygens (including phenoxy) is 1. The highest BCUT2D eigenvalue weighted by atomic mass is 79.9. The summed E-state index contributed by atoms with van der Waals surface area (Å²) < 4.78 is 6.34. The van der Waals surface area contributed by atoms with Gasteiger partial charge in [0.2, 0.25) is 0 Å². The molecule has 2 rings (SSSR count). The summed E-state index contributed by atoms with van der Waals surface area (Å²) in [5.41, 5.74) is 0.314. The summed E-state index contributed by atoms with van der Waals surface area (Å²) >= 11 is 3.55. The number of alkyl halides is 1. The van der Waals surface area contributed by atoms with Crippen LogP contribution in [-0.4, -0.2) is 17.0 Å². The van der Waals surface area contributed by atoms with E-state index in [-0.39, 0.29) is 0 Å². The van der Waals surface area contributed by atoms with E-state index in [1.807, 2.05) is 0 Å². The molecule has 88 valence electrons. The van der Waals surface area contributed by atoms with Gasteiger partial charge in [-0.15, -0.1) is 0 Å². The molecule has 2 atom stereocenters. The Morgan fingerprint density at radius 3 is 2.67 bits per heavy atom. The lowest BCUT2D eigenvalue weighted by atomic mass is 9.83. The van der Waals surface area contributed by atoms with Crippen LogP contribution in [0.25, 0.3) is 0 Å². The van der Waals surface area contributed by atoms with E-state index in [9.17, 15) is 0 Å². The van der Waals surface area contributed by atoms with Gasteiger partial charge < -0.3 is 4.74 Å². The molecule has 0 bridgehead atoms. The molecular formula is C13H23BrO. The lowest BCUT2D eigenvalue weighted by Gasteiger charge is -2.33. The number of hydrogen-bond acceptors (Lipinski definition) is 1. The van der Waals surface area contributed by atoms with Gasteiger partial charge in [0.25, 0.3) is 0 Å². The van der Waals surface area contributed by atoms with Crippen LogP contribution in [0.1, 0.15) is 58.3 Å². The smallest absolute Gasteiger partial charge is 0.0687 e. The van der Waals surface area contributed by atoms with Crippen molar-refractivity contribution in [2.45, 2.75) is 70.0 Å². The first-order valence-corrected chi connectivity index (χ1v) is 7.60. The third-order valence-corrected chi connectivity index (χ3v) is 5.14. The standard InChI is InChI=1S/C13H23BrO/c1-11(10-14)9-12-5-8-13(15-12)6-3-2-4-7-13/h11-12H,2-10H2,1H3. The second-order valence-corrected chi connectivity index (χ2v) is 6.16. The fraction of sp³-hybridized carbons (Fsp3) is 1.00. The summed E-state index contributed by atoms with van der Waals surface area (Å²) in [7, 11) is 0. The number of hydrogen-bond donors (Lipinski definition) is 0. The van der Waals surface area contributed by atoms with Crippen LogP contribution in [0.15, 0.2) is 0 Å². The van der Waals surface area contributed by atoms with Gasteiger partial charge in [0.15, 0.2) is 0 Å². The molecule has 1 aliphatic carbocycles. The van der Waals surface area contributed by atoms with E-state index in [4.69, 9.17) is 4.74 Å². The number of halogens is 1. The minimum absolute atomic E-state index is 0.314. The Kier molecular flexibility index (Phi) is 4.11. The molecule has 2 unspecified atom stereocenters. The fourth-order valence-electron chi connectivity index (χ4n) is 3.14. The normalized spacial score (nSPS) is 32.0. The van der Waals surface area contributed by atoms with Crippen LogP contribution in [0.2, 0.25) is 0 Å². The molecule has 0 amide bonds. The molecule has 0 N–H and O–H groups in total. The van der Waals surface area contributed by atoms with E-state index in [0.717, 1.165) is 11.2 Å². The fourth-order valence-corrected chi connectivity index (χ4v) is 3.40. The molecule has 2 aliphatic rings. The maximum atomic E-state index is 6.34. The molecule has 2 fully saturated rings. The first-order valence-electron chi connectivity index (χ1n) is 6.48. The Balaban J connectivity index is 1.82. The molecule has 1 aliphatic heterocycles. The third kappa shape index (κ3) is 2.97. The molecule has 0 aromatic carbocycles. The summed E-state index contributed by atoms with van der Waals surface area (Å²) in [4.78, 5) is 0. The third-order valence-electron chi connectivity index (χ3n) is 4.03. The minimum atomic E-state index is 0.314. The highest BCUT2D eigenvalue weighted by molar-refractivity contribution is 9.09. The van der Waals surface area contributed by atoms with Crippen molar-refractivity contribution in [2.24, 2.45) is 5.92 Å². The molecule has 0 aromatic heterocycles. The molecule has 15 heavy (non-hydrogen) atoms. The van der Waals surface area contributed by atoms with Crippen molar-refractivity contribution >= 4 is 15.9 Å². The van der Waals surface area contributed by atoms with Crippen LogP contribution in [0.3, 0.4) is 0 Å². The van der Waals surface area contributed by atoms with Crippen molar-refractivity contribution in [1.82, 2.24) is 0 Å². The van der Waals surface area contributed by atoms with Gasteiger partial charge in [-0.3, -0.25) is 0 Å². The lowest BCUT2D eigenvalue weighted by molar-refractivity contribution is -0.0684. The monoisotopic (exact) mass is 274 g/mol. The Labute approximate surface area is 102 Å². The predicted octanol–water partition coefficient (Wildman–Crippen LogP) is 4.29. The summed E-state index contributed by atoms with van der Waals surface area (Å²) in [5.74, 6) is 0.758. The second-order valence-electron chi connectivity index (χ2n) is 5.52. The van der Waals surface area contributed by atoms with Gasteiger partial charge in [-0.05, 0) is 38.0 Å². The molecule has 0 radical (unpaired) electrons. The van der Waals surface area contributed by atoms with Crippen molar-refractivity contribution in [1.29, 1.82) is 0 Å². The average molecular weight is 275 g/mol. The average Bonchev–Trinajstić information content (AvgIpc) is 2.62. The Morgan fingerprint density at radius 1 is 1.27 bits per heavy atom. The van der Waals surface area contributed by atoms with Crippen molar-refractivity contribution in [3.05, 3.63) is 0 Å². The zero-order valence-electron chi connectivity index (χ0n) is 9.80. The molecule has 1 saturated carbocycles. The summed E-state index contributed by atoms with van der Waals surface area (Å²) in [6.45, 7) is 2.31. The zero-order chi connectivity index (χ0) is 10.7. The van der Waals surface area contributed by atoms with Gasteiger partial charge in [0.05, 0.1) is 11.7 Å². The molecular weight excluding hydrogens is 252 g/mol. The first kappa shape index (κ1) is 11.9. The van der Waals surface area contributed by atoms with Gasteiger partial charge in [-0.2, -0.15) is 0 Å². The van der Waals surface area contributed by atoms with Crippen molar-refractivity contribution in [2.75, 3.05) is 5.33 Å². The molecule has 0 aromatic rings. The zero-order valence-corrected chi connectivity index (χ0v) is 11.4. The van der Waals surface area contributed by atoms with Crippen LogP contribution < -0.4 is 0 Å². The molecule has 2 heteroatoms. The van der Waals surface area contributed by atoms with Gasteiger partial charge >= 0.3 is 0 Å². The van der Waals surface area contributed by atoms with Crippen LogP contribution in [0, 0.1) is 5.92 Å². The van der Waals surface area contributed by atoms with E-state index in [0.29, 0.717) is 11.7 Å². The Hall–Kier alpha value is 0.440. The predicted molar refractivity (Wildman–Crippen MR) is 67.5 cm³/mol. The van der Waals surface area contributed by atoms with Crippen LogP contribution in [0.5, 0.6) is 0 Å². The van der Waals surface area contributed by atoms with Gasteiger partial charge in [-0.1, -0.05) is 42.1 Å². The summed E-state index contributed by atoms with van der Waals surface area (Å²) in [6, 6.07) is 0. The minimum Gasteiger partial charge on any atom is -0.372 e. The van der Waals surface area contributed by atoms with E-state index in [2.05, 4.69) is 22.9 Å². The van der Waals surface area contributed by atoms with Crippen LogP contribution >= 0.6 is 15.9 Å². The quantitative estimate of drug-likeness (QED) is 0.698. The maximum Gasteiger partial charge on any atom is 0.0687 e. The first-order chi connectivity index (χ1) is 7.24. The van der Waals surface area contributed by atoms with E-state index < -0.39 is 0 Å². The lowest BCUT2D eigenvalue weighted by Crippen LogP contribution is -2.32. The van der Waals surface area contributed by atoms with Gasteiger partial charge in [-0.25, -0.2) is 0 Å². The van der Waals surface area contributed by atoms with E-state index in [1.165, 1.54) is 51.4 Å². The topological polar surface area (TPSA) is 9.23 Å². The molecule has 1 nitrogen and oxygen atoms in total. The van der Waals surface area contributed by atoms with Crippen molar-refractivity contribution in [3.63, 3.8) is 0 Å². The largest absolute Gasteiger partial charge is 0.372 e. The van der Waals surface area contributed by atoms with Crippen LogP contribution in [-0.2, 0) is 4.74 Å². The SMILES string of the molecule is CC(CBr)CC1CCC2(CCCCC2)O1. The van der Waals surface area contributed by atoms with Crippen molar-refractivity contribution < 1.29 is 4.74 Å².